The van der Waals surface area contributed by atoms with Gasteiger partial charge in [-0.2, -0.15) is 0 Å². The molecule has 0 saturated carbocycles. The zero-order chi connectivity index (χ0) is 27.9. The lowest BCUT2D eigenvalue weighted by atomic mass is 9.93. The zero-order valence-electron chi connectivity index (χ0n) is 22.9. The fraction of sp³-hybridized carbons (Fsp3) is 0. The second-order valence-corrected chi connectivity index (χ2v) is 10.6. The van der Waals surface area contributed by atoms with Gasteiger partial charge in [-0.15, -0.1) is 0 Å². The summed E-state index contributed by atoms with van der Waals surface area (Å²) in [5.41, 5.74) is 8.76. The molecule has 42 heavy (non-hydrogen) atoms. The van der Waals surface area contributed by atoms with Gasteiger partial charge in [0.15, 0.2) is 5.82 Å². The molecule has 7 aromatic carbocycles. The Hall–Kier alpha value is -5.60. The van der Waals surface area contributed by atoms with Crippen molar-refractivity contribution in [2.45, 2.75) is 0 Å². The Labute approximate surface area is 244 Å². The Balaban J connectivity index is 1.39. The fourth-order valence-corrected chi connectivity index (χ4v) is 6.04. The van der Waals surface area contributed by atoms with E-state index < -0.39 is 0 Å². The van der Waals surface area contributed by atoms with E-state index in [1.165, 1.54) is 38.4 Å². The van der Waals surface area contributed by atoms with Crippen molar-refractivity contribution in [1.82, 2.24) is 9.97 Å². The van der Waals surface area contributed by atoms with E-state index in [0.29, 0.717) is 0 Å². The molecule has 0 fully saturated rings. The molecule has 196 valence electrons. The highest BCUT2D eigenvalue weighted by Gasteiger charge is 2.17. The number of fused-ring (bicyclic) bond motifs is 4. The Morgan fingerprint density at radius 1 is 0.333 bits per heavy atom. The van der Waals surface area contributed by atoms with E-state index >= 15 is 0 Å². The van der Waals surface area contributed by atoms with Gasteiger partial charge in [-0.3, -0.25) is 0 Å². The lowest BCUT2D eigenvalue weighted by Crippen LogP contribution is -1.97. The summed E-state index contributed by atoms with van der Waals surface area (Å²) >= 11 is 0. The van der Waals surface area contributed by atoms with Crippen molar-refractivity contribution >= 4 is 32.4 Å². The molecule has 8 aromatic rings. The van der Waals surface area contributed by atoms with Gasteiger partial charge in [0.25, 0.3) is 0 Å². The van der Waals surface area contributed by atoms with Gasteiger partial charge in [0.2, 0.25) is 0 Å². The van der Waals surface area contributed by atoms with Gasteiger partial charge < -0.3 is 0 Å². The van der Waals surface area contributed by atoms with Crippen molar-refractivity contribution < 1.29 is 0 Å². The largest absolute Gasteiger partial charge is 0.227 e. The highest BCUT2D eigenvalue weighted by Crippen LogP contribution is 2.39. The fourth-order valence-electron chi connectivity index (χ4n) is 6.04. The number of rotatable bonds is 4. The average Bonchev–Trinajstić information content (AvgIpc) is 3.08. The maximum Gasteiger partial charge on any atom is 0.160 e. The maximum absolute atomic E-state index is 5.22. The summed E-state index contributed by atoms with van der Waals surface area (Å²) in [5, 5.41) is 5.86. The first kappa shape index (κ1) is 24.2. The van der Waals surface area contributed by atoms with Crippen LogP contribution in [0.2, 0.25) is 0 Å². The number of hydrogen-bond acceptors (Lipinski definition) is 2. The first-order chi connectivity index (χ1) is 20.8. The van der Waals surface area contributed by atoms with Gasteiger partial charge in [0, 0.05) is 21.9 Å². The monoisotopic (exact) mass is 534 g/mol. The first-order valence-corrected chi connectivity index (χ1v) is 14.3. The molecule has 8 rings (SSSR count). The van der Waals surface area contributed by atoms with E-state index in [4.69, 9.17) is 9.97 Å². The Bertz CT molecular complexity index is 2210. The normalized spacial score (nSPS) is 11.3. The topological polar surface area (TPSA) is 25.8 Å². The van der Waals surface area contributed by atoms with Gasteiger partial charge in [-0.1, -0.05) is 152 Å². The van der Waals surface area contributed by atoms with Crippen molar-refractivity contribution in [2.24, 2.45) is 0 Å². The van der Waals surface area contributed by atoms with E-state index in [1.807, 2.05) is 18.2 Å². The highest BCUT2D eigenvalue weighted by molar-refractivity contribution is 6.15. The SMILES string of the molecule is c1ccc(-c2nc(-c3ccc(-c4cccc5ccccc45)cc3)c3cc(-c4ccccc4)c4ccccc4c3n2)cc1. The molecule has 0 aliphatic rings. The van der Waals surface area contributed by atoms with Gasteiger partial charge in [-0.05, 0) is 44.5 Å². The second kappa shape index (κ2) is 10.1. The molecule has 0 radical (unpaired) electrons. The number of benzene rings is 7. The second-order valence-electron chi connectivity index (χ2n) is 10.6. The summed E-state index contributed by atoms with van der Waals surface area (Å²) in [5.74, 6) is 0.730. The molecule has 2 heteroatoms. The average molecular weight is 535 g/mol. The van der Waals surface area contributed by atoms with Crippen LogP contribution in [-0.2, 0) is 0 Å². The molecular weight excluding hydrogens is 508 g/mol. The lowest BCUT2D eigenvalue weighted by Gasteiger charge is -2.15. The van der Waals surface area contributed by atoms with Crippen LogP contribution in [-0.4, -0.2) is 9.97 Å². The molecule has 0 amide bonds. The third-order valence-electron chi connectivity index (χ3n) is 8.08. The summed E-state index contributed by atoms with van der Waals surface area (Å²) < 4.78 is 0. The predicted molar refractivity (Wildman–Crippen MR) is 176 cm³/mol. The molecule has 1 aromatic heterocycles. The van der Waals surface area contributed by atoms with E-state index in [1.54, 1.807) is 0 Å². The van der Waals surface area contributed by atoms with E-state index in [0.717, 1.165) is 38.9 Å². The van der Waals surface area contributed by atoms with Crippen LogP contribution < -0.4 is 0 Å². The Morgan fingerprint density at radius 3 is 1.67 bits per heavy atom. The quantitative estimate of drug-likeness (QED) is 0.210. The van der Waals surface area contributed by atoms with E-state index in [9.17, 15) is 0 Å². The molecule has 0 N–H and O–H groups in total. The van der Waals surface area contributed by atoms with Crippen LogP contribution in [0, 0.1) is 0 Å². The van der Waals surface area contributed by atoms with Crippen LogP contribution >= 0.6 is 0 Å². The van der Waals surface area contributed by atoms with Crippen LogP contribution in [0.25, 0.3) is 77.3 Å². The summed E-state index contributed by atoms with van der Waals surface area (Å²) in [6, 6.07) is 55.6. The van der Waals surface area contributed by atoms with Crippen LogP contribution in [0.1, 0.15) is 0 Å². The third-order valence-corrected chi connectivity index (χ3v) is 8.08. The number of nitrogens with zero attached hydrogens (tertiary/aromatic N) is 2. The van der Waals surface area contributed by atoms with Crippen molar-refractivity contribution in [2.75, 3.05) is 0 Å². The molecular formula is C40H26N2. The molecule has 0 bridgehead atoms. The van der Waals surface area contributed by atoms with Crippen LogP contribution in [0.3, 0.4) is 0 Å². The number of hydrogen-bond donors (Lipinski definition) is 0. The number of aromatic nitrogens is 2. The molecule has 0 aliphatic carbocycles. The molecule has 0 spiro atoms. The minimum absolute atomic E-state index is 0.730. The van der Waals surface area contributed by atoms with Crippen molar-refractivity contribution in [3.05, 3.63) is 158 Å². The van der Waals surface area contributed by atoms with Crippen molar-refractivity contribution in [3.8, 4) is 44.9 Å². The van der Waals surface area contributed by atoms with Crippen LogP contribution in [0.15, 0.2) is 158 Å². The summed E-state index contributed by atoms with van der Waals surface area (Å²) in [6.45, 7) is 0. The summed E-state index contributed by atoms with van der Waals surface area (Å²) in [6.07, 6.45) is 0. The molecule has 0 unspecified atom stereocenters. The zero-order valence-corrected chi connectivity index (χ0v) is 22.9. The lowest BCUT2D eigenvalue weighted by molar-refractivity contribution is 1.23. The standard InChI is InChI=1S/C40H26N2/c1-3-12-28(13-4-1)36-26-37-38(30-24-22-29(23-25-30)33-21-11-17-27-14-7-8-18-32(27)33)41-40(31-15-5-2-6-16-31)42-39(37)35-20-10-9-19-34(35)36/h1-26H. The third kappa shape index (κ3) is 4.13. The minimum atomic E-state index is 0.730. The first-order valence-electron chi connectivity index (χ1n) is 14.3. The maximum atomic E-state index is 5.22. The minimum Gasteiger partial charge on any atom is -0.227 e. The molecule has 2 nitrogen and oxygen atoms in total. The molecule has 1 heterocycles. The van der Waals surface area contributed by atoms with Gasteiger partial charge in [0.05, 0.1) is 11.2 Å². The summed E-state index contributed by atoms with van der Waals surface area (Å²) in [4.78, 5) is 10.4. The van der Waals surface area contributed by atoms with Crippen LogP contribution in [0.5, 0.6) is 0 Å². The van der Waals surface area contributed by atoms with Gasteiger partial charge in [-0.25, -0.2) is 9.97 Å². The van der Waals surface area contributed by atoms with Gasteiger partial charge in [0.1, 0.15) is 0 Å². The van der Waals surface area contributed by atoms with Gasteiger partial charge >= 0.3 is 0 Å². The van der Waals surface area contributed by atoms with E-state index in [2.05, 4.69) is 140 Å². The van der Waals surface area contributed by atoms with Crippen LogP contribution in [0.4, 0.5) is 0 Å². The summed E-state index contributed by atoms with van der Waals surface area (Å²) in [7, 11) is 0. The molecule has 0 saturated heterocycles. The van der Waals surface area contributed by atoms with E-state index in [-0.39, 0.29) is 0 Å². The smallest absolute Gasteiger partial charge is 0.160 e. The highest BCUT2D eigenvalue weighted by atomic mass is 14.9. The molecule has 0 aliphatic heterocycles. The molecule has 0 atom stereocenters. The Kier molecular flexibility index (Phi) is 5.82. The predicted octanol–water partition coefficient (Wildman–Crippen LogP) is 10.6. The van der Waals surface area contributed by atoms with Crippen molar-refractivity contribution in [3.63, 3.8) is 0 Å². The van der Waals surface area contributed by atoms with Crippen molar-refractivity contribution in [1.29, 1.82) is 0 Å². The Morgan fingerprint density at radius 2 is 0.905 bits per heavy atom.